The molecular formula is C29H33NO7. The lowest BCUT2D eigenvalue weighted by Gasteiger charge is -2.46. The Hall–Kier alpha value is -3.43. The Morgan fingerprint density at radius 2 is 1.65 bits per heavy atom. The minimum atomic E-state index is -1.36. The van der Waals surface area contributed by atoms with E-state index in [1.165, 1.54) is 7.11 Å². The standard InChI is InChI=1S/C29H33NO7/c1-29(2)26(35-4)24(31)25(32)28(37-29)36-19-14-15-20(21-12-8-9-13-23(21)34-3)22(16-19)27(33)30-17-18-10-6-5-7-11-18/h5-16,24-26,28,31-32H,17H2,1-4H3,(H,30,33)/t24-,25+,26+,28+/m0/s1. The molecular weight excluding hydrogens is 474 g/mol. The van der Waals surface area contributed by atoms with Gasteiger partial charge in [0.15, 0.2) is 0 Å². The fourth-order valence-electron chi connectivity index (χ4n) is 4.60. The third-order valence-electron chi connectivity index (χ3n) is 6.48. The topological polar surface area (TPSA) is 106 Å². The number of ether oxygens (including phenoxy) is 4. The van der Waals surface area contributed by atoms with Gasteiger partial charge in [-0.05, 0) is 49.2 Å². The number of para-hydroxylation sites is 1. The lowest BCUT2D eigenvalue weighted by Crippen LogP contribution is -2.63. The number of carbonyl (C=O) groups is 1. The van der Waals surface area contributed by atoms with Crippen LogP contribution in [0.1, 0.15) is 29.8 Å². The predicted molar refractivity (Wildman–Crippen MR) is 138 cm³/mol. The largest absolute Gasteiger partial charge is 0.496 e. The maximum Gasteiger partial charge on any atom is 0.252 e. The zero-order valence-corrected chi connectivity index (χ0v) is 21.4. The molecule has 1 heterocycles. The molecule has 4 rings (SSSR count). The molecule has 3 aromatic rings. The number of aliphatic hydroxyl groups excluding tert-OH is 2. The smallest absolute Gasteiger partial charge is 0.252 e. The Morgan fingerprint density at radius 3 is 2.35 bits per heavy atom. The van der Waals surface area contributed by atoms with E-state index in [9.17, 15) is 15.0 Å². The number of methoxy groups -OCH3 is 2. The molecule has 0 spiro atoms. The number of aliphatic hydroxyl groups is 2. The van der Waals surface area contributed by atoms with Crippen molar-refractivity contribution in [1.82, 2.24) is 5.32 Å². The van der Waals surface area contributed by atoms with E-state index in [0.717, 1.165) is 11.1 Å². The summed E-state index contributed by atoms with van der Waals surface area (Å²) in [6.45, 7) is 3.85. The van der Waals surface area contributed by atoms with E-state index < -0.39 is 30.2 Å². The van der Waals surface area contributed by atoms with Gasteiger partial charge in [-0.2, -0.15) is 0 Å². The van der Waals surface area contributed by atoms with Gasteiger partial charge in [-0.3, -0.25) is 4.79 Å². The number of amides is 1. The molecule has 0 unspecified atom stereocenters. The Balaban J connectivity index is 1.66. The molecule has 0 saturated carbocycles. The molecule has 1 amide bonds. The highest BCUT2D eigenvalue weighted by Crippen LogP contribution is 2.36. The number of rotatable bonds is 8. The van der Waals surface area contributed by atoms with Crippen LogP contribution in [0.3, 0.4) is 0 Å². The number of hydrogen-bond donors (Lipinski definition) is 3. The fraction of sp³-hybridized carbons (Fsp3) is 0.345. The molecule has 1 saturated heterocycles. The van der Waals surface area contributed by atoms with Gasteiger partial charge < -0.3 is 34.5 Å². The Kier molecular flexibility index (Phi) is 8.14. The van der Waals surface area contributed by atoms with Crippen molar-refractivity contribution in [1.29, 1.82) is 0 Å². The van der Waals surface area contributed by atoms with E-state index in [0.29, 0.717) is 29.2 Å². The summed E-state index contributed by atoms with van der Waals surface area (Å²) in [4.78, 5) is 13.4. The molecule has 1 aliphatic heterocycles. The van der Waals surface area contributed by atoms with Crippen molar-refractivity contribution in [3.63, 3.8) is 0 Å². The average molecular weight is 508 g/mol. The van der Waals surface area contributed by atoms with Gasteiger partial charge in [0.1, 0.15) is 29.8 Å². The molecule has 37 heavy (non-hydrogen) atoms. The predicted octanol–water partition coefficient (Wildman–Crippen LogP) is 3.54. The van der Waals surface area contributed by atoms with E-state index >= 15 is 0 Å². The minimum Gasteiger partial charge on any atom is -0.496 e. The van der Waals surface area contributed by atoms with Gasteiger partial charge in [0.05, 0.1) is 18.3 Å². The maximum atomic E-state index is 13.4. The SMILES string of the molecule is COc1ccccc1-c1ccc(O[C@@H]2OC(C)(C)[C@H](OC)[C@@H](O)[C@H]2O)cc1C(=O)NCc1ccccc1. The summed E-state index contributed by atoms with van der Waals surface area (Å²) < 4.78 is 22.8. The normalized spacial score (nSPS) is 22.8. The molecule has 0 aliphatic carbocycles. The van der Waals surface area contributed by atoms with E-state index in [-0.39, 0.29) is 5.91 Å². The van der Waals surface area contributed by atoms with Crippen molar-refractivity contribution in [2.75, 3.05) is 14.2 Å². The van der Waals surface area contributed by atoms with Crippen LogP contribution in [-0.4, -0.2) is 60.5 Å². The lowest BCUT2D eigenvalue weighted by molar-refractivity contribution is -0.305. The fourth-order valence-corrected chi connectivity index (χ4v) is 4.60. The molecule has 8 heteroatoms. The zero-order valence-electron chi connectivity index (χ0n) is 21.4. The summed E-state index contributed by atoms with van der Waals surface area (Å²) in [5.41, 5.74) is 1.79. The second-order valence-corrected chi connectivity index (χ2v) is 9.42. The van der Waals surface area contributed by atoms with E-state index in [1.54, 1.807) is 39.2 Å². The van der Waals surface area contributed by atoms with Crippen LogP contribution in [0.15, 0.2) is 72.8 Å². The molecule has 1 fully saturated rings. The summed E-state index contributed by atoms with van der Waals surface area (Å²) in [6.07, 6.45) is -4.49. The van der Waals surface area contributed by atoms with Crippen LogP contribution < -0.4 is 14.8 Å². The number of benzene rings is 3. The van der Waals surface area contributed by atoms with E-state index in [4.69, 9.17) is 18.9 Å². The van der Waals surface area contributed by atoms with Gasteiger partial charge in [0, 0.05) is 19.2 Å². The molecule has 196 valence electrons. The van der Waals surface area contributed by atoms with Crippen molar-refractivity contribution in [3.8, 4) is 22.6 Å². The molecule has 3 N–H and O–H groups in total. The molecule has 1 aliphatic rings. The first-order valence-corrected chi connectivity index (χ1v) is 12.1. The quantitative estimate of drug-likeness (QED) is 0.428. The summed E-state index contributed by atoms with van der Waals surface area (Å²) in [5, 5.41) is 24.2. The van der Waals surface area contributed by atoms with E-state index in [2.05, 4.69) is 5.32 Å². The number of nitrogens with one attached hydrogen (secondary N) is 1. The molecule has 0 radical (unpaired) electrons. The third-order valence-corrected chi connectivity index (χ3v) is 6.48. The average Bonchev–Trinajstić information content (AvgIpc) is 2.90. The van der Waals surface area contributed by atoms with Crippen LogP contribution >= 0.6 is 0 Å². The first kappa shape index (κ1) is 26.6. The van der Waals surface area contributed by atoms with Gasteiger partial charge in [-0.15, -0.1) is 0 Å². The van der Waals surface area contributed by atoms with Crippen molar-refractivity contribution in [2.45, 2.75) is 50.6 Å². The Morgan fingerprint density at radius 1 is 0.946 bits per heavy atom. The van der Waals surface area contributed by atoms with Crippen LogP contribution in [0, 0.1) is 0 Å². The molecule has 8 nitrogen and oxygen atoms in total. The van der Waals surface area contributed by atoms with E-state index in [1.807, 2.05) is 54.6 Å². The highest BCUT2D eigenvalue weighted by atomic mass is 16.7. The molecule has 3 aromatic carbocycles. The highest BCUT2D eigenvalue weighted by Gasteiger charge is 2.50. The summed E-state index contributed by atoms with van der Waals surface area (Å²) in [5.74, 6) is 0.612. The minimum absolute atomic E-state index is 0.298. The van der Waals surface area contributed by atoms with Crippen LogP contribution in [0.4, 0.5) is 0 Å². The van der Waals surface area contributed by atoms with Gasteiger partial charge in [-0.25, -0.2) is 0 Å². The van der Waals surface area contributed by atoms with Crippen LogP contribution in [-0.2, 0) is 16.0 Å². The van der Waals surface area contributed by atoms with Crippen molar-refractivity contribution in [3.05, 3.63) is 83.9 Å². The van der Waals surface area contributed by atoms with Crippen molar-refractivity contribution >= 4 is 5.91 Å². The molecule has 4 atom stereocenters. The Labute approximate surface area is 216 Å². The van der Waals surface area contributed by atoms with Crippen molar-refractivity contribution < 1.29 is 34.0 Å². The third kappa shape index (κ3) is 5.78. The maximum absolute atomic E-state index is 13.4. The van der Waals surface area contributed by atoms with Crippen LogP contribution in [0.5, 0.6) is 11.5 Å². The second kappa shape index (κ2) is 11.3. The summed E-state index contributed by atoms with van der Waals surface area (Å²) >= 11 is 0. The van der Waals surface area contributed by atoms with Crippen molar-refractivity contribution in [2.24, 2.45) is 0 Å². The summed E-state index contributed by atoms with van der Waals surface area (Å²) in [7, 11) is 3.03. The lowest BCUT2D eigenvalue weighted by atomic mass is 9.89. The van der Waals surface area contributed by atoms with Crippen LogP contribution in [0.25, 0.3) is 11.1 Å². The van der Waals surface area contributed by atoms with Gasteiger partial charge >= 0.3 is 0 Å². The number of hydrogen-bond acceptors (Lipinski definition) is 7. The summed E-state index contributed by atoms with van der Waals surface area (Å²) in [6, 6.07) is 22.1. The van der Waals surface area contributed by atoms with Gasteiger partial charge in [0.25, 0.3) is 5.91 Å². The monoisotopic (exact) mass is 507 g/mol. The first-order valence-electron chi connectivity index (χ1n) is 12.1. The number of carbonyl (C=O) groups excluding carboxylic acids is 1. The Bertz CT molecular complexity index is 1210. The molecule has 0 aromatic heterocycles. The van der Waals surface area contributed by atoms with Crippen LogP contribution in [0.2, 0.25) is 0 Å². The first-order chi connectivity index (χ1) is 17.7. The van der Waals surface area contributed by atoms with Gasteiger partial charge in [0.2, 0.25) is 6.29 Å². The molecule has 0 bridgehead atoms. The highest BCUT2D eigenvalue weighted by molar-refractivity contribution is 6.02. The van der Waals surface area contributed by atoms with Gasteiger partial charge in [-0.1, -0.05) is 48.5 Å². The zero-order chi connectivity index (χ0) is 26.6. The second-order valence-electron chi connectivity index (χ2n) is 9.42.